The highest BCUT2D eigenvalue weighted by Gasteiger charge is 2.23. The summed E-state index contributed by atoms with van der Waals surface area (Å²) < 4.78 is 31.7. The maximum Gasteiger partial charge on any atom is 0.243 e. The van der Waals surface area contributed by atoms with E-state index in [0.29, 0.717) is 6.61 Å². The van der Waals surface area contributed by atoms with Crippen LogP contribution in [-0.2, 0) is 14.8 Å². The van der Waals surface area contributed by atoms with Gasteiger partial charge >= 0.3 is 0 Å². The molecule has 2 aromatic rings. The molecule has 7 heteroatoms. The zero-order chi connectivity index (χ0) is 20.0. The molecule has 0 aliphatic carbocycles. The number of nitrogens with one attached hydrogen (secondary N) is 1. The molecule has 27 heavy (non-hydrogen) atoms. The van der Waals surface area contributed by atoms with E-state index in [1.54, 1.807) is 19.1 Å². The van der Waals surface area contributed by atoms with Crippen molar-refractivity contribution in [1.82, 2.24) is 9.62 Å². The number of sulfonamides is 1. The number of hydrogen-bond donors (Lipinski definition) is 1. The lowest BCUT2D eigenvalue weighted by Crippen LogP contribution is -2.43. The summed E-state index contributed by atoms with van der Waals surface area (Å²) in [4.78, 5) is 12.3. The number of carbonyl (C=O) groups excluding carboxylic acids is 1. The third kappa shape index (κ3) is 6.08. The number of amides is 1. The predicted octanol–water partition coefficient (Wildman–Crippen LogP) is 2.51. The van der Waals surface area contributed by atoms with Gasteiger partial charge in [-0.25, -0.2) is 8.42 Å². The molecule has 0 aliphatic heterocycles. The lowest BCUT2D eigenvalue weighted by Gasteiger charge is -2.19. The molecular formula is C20H26N2O4S. The maximum absolute atomic E-state index is 12.5. The van der Waals surface area contributed by atoms with Crippen molar-refractivity contribution >= 4 is 15.9 Å². The average molecular weight is 391 g/mol. The van der Waals surface area contributed by atoms with Crippen LogP contribution in [0.1, 0.15) is 18.1 Å². The average Bonchev–Trinajstić information content (AvgIpc) is 2.61. The van der Waals surface area contributed by atoms with Gasteiger partial charge in [0.2, 0.25) is 15.9 Å². The summed E-state index contributed by atoms with van der Waals surface area (Å²) in [6.07, 6.45) is 0. The third-order valence-electron chi connectivity index (χ3n) is 4.02. The van der Waals surface area contributed by atoms with Crippen molar-refractivity contribution in [3.8, 4) is 5.75 Å². The van der Waals surface area contributed by atoms with Gasteiger partial charge in [-0.3, -0.25) is 4.79 Å². The molecule has 2 aromatic carbocycles. The first-order valence-electron chi connectivity index (χ1n) is 8.70. The van der Waals surface area contributed by atoms with E-state index in [-0.39, 0.29) is 23.4 Å². The van der Waals surface area contributed by atoms with E-state index in [9.17, 15) is 13.2 Å². The molecule has 0 unspecified atom stereocenters. The van der Waals surface area contributed by atoms with Crippen LogP contribution in [0.2, 0.25) is 0 Å². The monoisotopic (exact) mass is 390 g/mol. The van der Waals surface area contributed by atoms with E-state index in [0.717, 1.165) is 21.2 Å². The molecule has 0 radical (unpaired) electrons. The van der Waals surface area contributed by atoms with E-state index in [1.165, 1.54) is 19.2 Å². The lowest BCUT2D eigenvalue weighted by molar-refractivity contribution is -0.121. The van der Waals surface area contributed by atoms with E-state index in [1.807, 2.05) is 38.1 Å². The van der Waals surface area contributed by atoms with Gasteiger partial charge in [-0.1, -0.05) is 35.4 Å². The summed E-state index contributed by atoms with van der Waals surface area (Å²) in [5.41, 5.74) is 2.11. The Morgan fingerprint density at radius 1 is 1.04 bits per heavy atom. The molecule has 2 rings (SSSR count). The Morgan fingerprint density at radius 2 is 1.56 bits per heavy atom. The molecule has 0 heterocycles. The summed E-state index contributed by atoms with van der Waals surface area (Å²) in [5, 5.41) is 2.76. The summed E-state index contributed by atoms with van der Waals surface area (Å²) in [7, 11) is -2.31. The second-order valence-corrected chi connectivity index (χ2v) is 8.71. The first kappa shape index (κ1) is 20.9. The molecule has 0 fully saturated rings. The molecule has 0 aromatic heterocycles. The maximum atomic E-state index is 12.5. The summed E-state index contributed by atoms with van der Waals surface area (Å²) in [6, 6.07) is 13.9. The largest absolute Gasteiger partial charge is 0.491 e. The topological polar surface area (TPSA) is 75.7 Å². The molecule has 0 aliphatic rings. The Labute approximate surface area is 161 Å². The van der Waals surface area contributed by atoms with Crippen LogP contribution >= 0.6 is 0 Å². The van der Waals surface area contributed by atoms with Gasteiger partial charge in [0.1, 0.15) is 12.4 Å². The van der Waals surface area contributed by atoms with Crippen molar-refractivity contribution in [1.29, 1.82) is 0 Å². The van der Waals surface area contributed by atoms with Gasteiger partial charge in [-0.05, 0) is 45.0 Å². The summed E-state index contributed by atoms with van der Waals surface area (Å²) in [6.45, 7) is 5.72. The van der Waals surface area contributed by atoms with Crippen LogP contribution in [0, 0.1) is 13.8 Å². The smallest absolute Gasteiger partial charge is 0.243 e. The fourth-order valence-electron chi connectivity index (χ4n) is 2.40. The fourth-order valence-corrected chi connectivity index (χ4v) is 3.52. The molecule has 1 amide bonds. The molecule has 0 spiro atoms. The van der Waals surface area contributed by atoms with Crippen LogP contribution in [0.3, 0.4) is 0 Å². The standard InChI is InChI=1S/C20H26N2O4S/c1-15-5-9-18(10-6-15)26-14-17(3)21-20(23)13-22(4)27(24,25)19-11-7-16(2)8-12-19/h5-12,17H,13-14H2,1-4H3,(H,21,23)/t17-/m0/s1. The molecular weight excluding hydrogens is 364 g/mol. The summed E-state index contributed by atoms with van der Waals surface area (Å²) >= 11 is 0. The van der Waals surface area contributed by atoms with Gasteiger partial charge in [0.25, 0.3) is 0 Å². The molecule has 0 saturated carbocycles. The number of nitrogens with zero attached hydrogens (tertiary/aromatic N) is 1. The summed E-state index contributed by atoms with van der Waals surface area (Å²) in [5.74, 6) is 0.342. The van der Waals surface area contributed by atoms with Gasteiger partial charge in [-0.2, -0.15) is 4.31 Å². The number of rotatable bonds is 8. The van der Waals surface area contributed by atoms with E-state index >= 15 is 0 Å². The van der Waals surface area contributed by atoms with Crippen LogP contribution < -0.4 is 10.1 Å². The van der Waals surface area contributed by atoms with Crippen molar-refractivity contribution < 1.29 is 17.9 Å². The van der Waals surface area contributed by atoms with Gasteiger partial charge in [0, 0.05) is 7.05 Å². The number of aryl methyl sites for hydroxylation is 2. The van der Waals surface area contributed by atoms with Crippen LogP contribution in [-0.4, -0.2) is 44.9 Å². The molecule has 6 nitrogen and oxygen atoms in total. The van der Waals surface area contributed by atoms with Crippen molar-refractivity contribution in [3.05, 3.63) is 59.7 Å². The van der Waals surface area contributed by atoms with Crippen LogP contribution in [0.25, 0.3) is 0 Å². The molecule has 146 valence electrons. The molecule has 0 saturated heterocycles. The highest BCUT2D eigenvalue weighted by molar-refractivity contribution is 7.89. The van der Waals surface area contributed by atoms with Gasteiger partial charge in [-0.15, -0.1) is 0 Å². The third-order valence-corrected chi connectivity index (χ3v) is 5.84. The SMILES string of the molecule is Cc1ccc(OC[C@H](C)NC(=O)CN(C)S(=O)(=O)c2ccc(C)cc2)cc1. The zero-order valence-electron chi connectivity index (χ0n) is 16.1. The number of benzene rings is 2. The van der Waals surface area contributed by atoms with Gasteiger partial charge < -0.3 is 10.1 Å². The fraction of sp³-hybridized carbons (Fsp3) is 0.350. The Morgan fingerprint density at radius 3 is 2.11 bits per heavy atom. The second-order valence-electron chi connectivity index (χ2n) is 6.67. The lowest BCUT2D eigenvalue weighted by atomic mass is 10.2. The van der Waals surface area contributed by atoms with Crippen LogP contribution in [0.4, 0.5) is 0 Å². The van der Waals surface area contributed by atoms with E-state index in [2.05, 4.69) is 5.32 Å². The number of carbonyl (C=O) groups is 1. The van der Waals surface area contributed by atoms with E-state index in [4.69, 9.17) is 4.74 Å². The zero-order valence-corrected chi connectivity index (χ0v) is 16.9. The Balaban J connectivity index is 1.86. The first-order valence-corrected chi connectivity index (χ1v) is 10.1. The van der Waals surface area contributed by atoms with Gasteiger partial charge in [0.15, 0.2) is 0 Å². The Kier molecular flexibility index (Phi) is 6.98. The van der Waals surface area contributed by atoms with Crippen molar-refractivity contribution in [2.45, 2.75) is 31.7 Å². The van der Waals surface area contributed by atoms with Crippen molar-refractivity contribution in [2.75, 3.05) is 20.2 Å². The second kappa shape index (κ2) is 9.01. The highest BCUT2D eigenvalue weighted by atomic mass is 32.2. The van der Waals surface area contributed by atoms with Crippen molar-refractivity contribution in [2.24, 2.45) is 0 Å². The minimum Gasteiger partial charge on any atom is -0.491 e. The number of likely N-dealkylation sites (N-methyl/N-ethyl adjacent to an activating group) is 1. The molecule has 0 bridgehead atoms. The van der Waals surface area contributed by atoms with Crippen molar-refractivity contribution in [3.63, 3.8) is 0 Å². The van der Waals surface area contributed by atoms with Crippen LogP contribution in [0.5, 0.6) is 5.75 Å². The normalized spacial score (nSPS) is 12.6. The Hall–Kier alpha value is -2.38. The number of ether oxygens (including phenoxy) is 1. The highest BCUT2D eigenvalue weighted by Crippen LogP contribution is 2.15. The van der Waals surface area contributed by atoms with E-state index < -0.39 is 10.0 Å². The first-order chi connectivity index (χ1) is 12.7. The quantitative estimate of drug-likeness (QED) is 0.751. The minimum absolute atomic E-state index is 0.166. The Bertz CT molecular complexity index is 862. The number of hydrogen-bond acceptors (Lipinski definition) is 4. The predicted molar refractivity (Wildman–Crippen MR) is 105 cm³/mol. The minimum atomic E-state index is -3.70. The molecule has 1 atom stereocenters. The van der Waals surface area contributed by atoms with Gasteiger partial charge in [0.05, 0.1) is 17.5 Å². The molecule has 1 N–H and O–H groups in total. The van der Waals surface area contributed by atoms with Crippen LogP contribution in [0.15, 0.2) is 53.4 Å².